The number of ether oxygens (including phenoxy) is 3. The molecule has 1 aliphatic rings. The van der Waals surface area contributed by atoms with Crippen molar-refractivity contribution < 1.29 is 32.2 Å². The Kier molecular flexibility index (Phi) is 5.11. The maximum Gasteiger partial charge on any atom is 0.416 e. The van der Waals surface area contributed by atoms with Crippen molar-refractivity contribution >= 4 is 5.91 Å². The van der Waals surface area contributed by atoms with E-state index in [2.05, 4.69) is 4.98 Å². The molecule has 0 spiro atoms. The predicted octanol–water partition coefficient (Wildman–Crippen LogP) is 3.02. The van der Waals surface area contributed by atoms with Crippen LogP contribution in [0.25, 0.3) is 0 Å². The summed E-state index contributed by atoms with van der Waals surface area (Å²) >= 11 is 0. The number of halogens is 3. The Bertz CT molecular complexity index is 836. The van der Waals surface area contributed by atoms with Gasteiger partial charge in [0.05, 0.1) is 32.9 Å². The molecule has 0 radical (unpaired) electrons. The lowest BCUT2D eigenvalue weighted by atomic mass is 10.1. The Hall–Kier alpha value is -2.97. The van der Waals surface area contributed by atoms with E-state index < -0.39 is 17.8 Å². The van der Waals surface area contributed by atoms with Crippen LogP contribution in [0.4, 0.5) is 13.2 Å². The van der Waals surface area contributed by atoms with Gasteiger partial charge in [-0.05, 0) is 24.3 Å². The number of nitrogens with zero attached hydrogens (tertiary/aromatic N) is 2. The van der Waals surface area contributed by atoms with Crippen LogP contribution >= 0.6 is 0 Å². The van der Waals surface area contributed by atoms with E-state index in [0.29, 0.717) is 17.1 Å². The van der Waals surface area contributed by atoms with Crippen molar-refractivity contribution in [1.82, 2.24) is 9.88 Å². The van der Waals surface area contributed by atoms with E-state index in [-0.39, 0.29) is 24.9 Å². The number of methoxy groups -OCH3 is 2. The minimum absolute atomic E-state index is 0.118. The first-order valence-corrected chi connectivity index (χ1v) is 8.03. The first-order chi connectivity index (χ1) is 12.8. The third-order valence-electron chi connectivity index (χ3n) is 4.12. The second kappa shape index (κ2) is 7.34. The zero-order valence-corrected chi connectivity index (χ0v) is 14.6. The smallest absolute Gasteiger partial charge is 0.416 e. The standard InChI is InChI=1S/C18H17F3N2O4/c1-25-14-4-3-11(7-15(14)26-2)17(24)23-9-13(10-23)27-16-8-12(5-6-22-16)18(19,20)21/h3-8,13H,9-10H2,1-2H3. The van der Waals surface area contributed by atoms with Gasteiger partial charge in [-0.1, -0.05) is 0 Å². The van der Waals surface area contributed by atoms with Gasteiger partial charge >= 0.3 is 6.18 Å². The molecule has 2 aromatic rings. The van der Waals surface area contributed by atoms with Crippen LogP contribution in [0, 0.1) is 0 Å². The van der Waals surface area contributed by atoms with Crippen LogP contribution in [0.3, 0.4) is 0 Å². The fourth-order valence-corrected chi connectivity index (χ4v) is 2.65. The summed E-state index contributed by atoms with van der Waals surface area (Å²) in [6, 6.07) is 6.54. The number of hydrogen-bond donors (Lipinski definition) is 0. The summed E-state index contributed by atoms with van der Waals surface area (Å²) in [7, 11) is 2.97. The summed E-state index contributed by atoms with van der Waals surface area (Å²) in [5, 5.41) is 0. The van der Waals surface area contributed by atoms with E-state index in [4.69, 9.17) is 14.2 Å². The van der Waals surface area contributed by atoms with Crippen molar-refractivity contribution in [3.05, 3.63) is 47.7 Å². The van der Waals surface area contributed by atoms with Crippen molar-refractivity contribution in [2.45, 2.75) is 12.3 Å². The molecule has 1 aliphatic heterocycles. The van der Waals surface area contributed by atoms with E-state index in [1.807, 2.05) is 0 Å². The molecule has 0 aliphatic carbocycles. The highest BCUT2D eigenvalue weighted by Crippen LogP contribution is 2.31. The largest absolute Gasteiger partial charge is 0.493 e. The number of carbonyl (C=O) groups is 1. The molecule has 0 unspecified atom stereocenters. The quantitative estimate of drug-likeness (QED) is 0.796. The zero-order valence-electron chi connectivity index (χ0n) is 14.6. The highest BCUT2D eigenvalue weighted by molar-refractivity contribution is 5.95. The first-order valence-electron chi connectivity index (χ1n) is 8.03. The molecule has 144 valence electrons. The molecule has 1 saturated heterocycles. The molecule has 2 heterocycles. The zero-order chi connectivity index (χ0) is 19.6. The molecule has 6 nitrogen and oxygen atoms in total. The van der Waals surface area contributed by atoms with Gasteiger partial charge in [0.25, 0.3) is 5.91 Å². The average molecular weight is 382 g/mol. The summed E-state index contributed by atoms with van der Waals surface area (Å²) in [5.74, 6) is 0.597. The summed E-state index contributed by atoms with van der Waals surface area (Å²) in [6.45, 7) is 0.510. The number of likely N-dealkylation sites (tertiary alicyclic amines) is 1. The third kappa shape index (κ3) is 4.07. The van der Waals surface area contributed by atoms with Crippen molar-refractivity contribution in [3.63, 3.8) is 0 Å². The van der Waals surface area contributed by atoms with Crippen LogP contribution in [0.15, 0.2) is 36.5 Å². The second-order valence-corrected chi connectivity index (χ2v) is 5.90. The van der Waals surface area contributed by atoms with Gasteiger partial charge in [0.2, 0.25) is 5.88 Å². The lowest BCUT2D eigenvalue weighted by molar-refractivity contribution is -0.137. The van der Waals surface area contributed by atoms with E-state index in [1.165, 1.54) is 19.1 Å². The van der Waals surface area contributed by atoms with Crippen molar-refractivity contribution in [2.24, 2.45) is 0 Å². The number of alkyl halides is 3. The summed E-state index contributed by atoms with van der Waals surface area (Å²) in [6.07, 6.45) is -3.83. The Morgan fingerprint density at radius 3 is 2.44 bits per heavy atom. The fraction of sp³-hybridized carbons (Fsp3) is 0.333. The summed E-state index contributed by atoms with van der Waals surface area (Å²) < 4.78 is 53.9. The predicted molar refractivity (Wildman–Crippen MR) is 89.1 cm³/mol. The minimum atomic E-state index is -4.46. The molecule has 0 N–H and O–H groups in total. The Labute approximate surface area is 153 Å². The van der Waals surface area contributed by atoms with Crippen LogP contribution < -0.4 is 14.2 Å². The highest BCUT2D eigenvalue weighted by Gasteiger charge is 2.35. The second-order valence-electron chi connectivity index (χ2n) is 5.90. The number of pyridine rings is 1. The topological polar surface area (TPSA) is 60.9 Å². The Balaban J connectivity index is 1.60. The van der Waals surface area contributed by atoms with E-state index in [0.717, 1.165) is 18.3 Å². The maximum atomic E-state index is 12.7. The van der Waals surface area contributed by atoms with Crippen LogP contribution in [-0.2, 0) is 6.18 Å². The number of hydrogen-bond acceptors (Lipinski definition) is 5. The van der Waals surface area contributed by atoms with Gasteiger partial charge in [0.15, 0.2) is 11.5 Å². The monoisotopic (exact) mass is 382 g/mol. The molecule has 0 atom stereocenters. The lowest BCUT2D eigenvalue weighted by Crippen LogP contribution is -2.56. The summed E-state index contributed by atoms with van der Waals surface area (Å²) in [4.78, 5) is 17.8. The van der Waals surface area contributed by atoms with Crippen molar-refractivity contribution in [2.75, 3.05) is 27.3 Å². The molecule has 9 heteroatoms. The third-order valence-corrected chi connectivity index (χ3v) is 4.12. The number of aromatic nitrogens is 1. The fourth-order valence-electron chi connectivity index (χ4n) is 2.65. The molecule has 1 aromatic heterocycles. The normalized spacial score (nSPS) is 14.5. The van der Waals surface area contributed by atoms with E-state index in [1.54, 1.807) is 18.2 Å². The molecule has 0 bridgehead atoms. The molecule has 1 fully saturated rings. The Morgan fingerprint density at radius 2 is 1.81 bits per heavy atom. The van der Waals surface area contributed by atoms with Gasteiger partial charge < -0.3 is 19.1 Å². The molecule has 0 saturated carbocycles. The Morgan fingerprint density at radius 1 is 1.11 bits per heavy atom. The molecule has 1 amide bonds. The van der Waals surface area contributed by atoms with Crippen LogP contribution in [0.1, 0.15) is 15.9 Å². The highest BCUT2D eigenvalue weighted by atomic mass is 19.4. The van der Waals surface area contributed by atoms with Crippen molar-refractivity contribution in [1.29, 1.82) is 0 Å². The van der Waals surface area contributed by atoms with Gasteiger partial charge in [-0.25, -0.2) is 4.98 Å². The number of rotatable bonds is 5. The lowest BCUT2D eigenvalue weighted by Gasteiger charge is -2.38. The number of carbonyl (C=O) groups excluding carboxylic acids is 1. The average Bonchev–Trinajstić information content (AvgIpc) is 2.62. The van der Waals surface area contributed by atoms with E-state index in [9.17, 15) is 18.0 Å². The minimum Gasteiger partial charge on any atom is -0.493 e. The number of amides is 1. The van der Waals surface area contributed by atoms with E-state index >= 15 is 0 Å². The number of benzene rings is 1. The van der Waals surface area contributed by atoms with Gasteiger partial charge in [-0.15, -0.1) is 0 Å². The van der Waals surface area contributed by atoms with Gasteiger partial charge in [-0.2, -0.15) is 13.2 Å². The maximum absolute atomic E-state index is 12.7. The molecule has 1 aromatic carbocycles. The van der Waals surface area contributed by atoms with Crippen molar-refractivity contribution in [3.8, 4) is 17.4 Å². The van der Waals surface area contributed by atoms with Gasteiger partial charge in [-0.3, -0.25) is 4.79 Å². The first kappa shape index (κ1) is 18.8. The molecule has 3 rings (SSSR count). The molecule has 27 heavy (non-hydrogen) atoms. The van der Waals surface area contributed by atoms with Crippen LogP contribution in [0.5, 0.6) is 17.4 Å². The van der Waals surface area contributed by atoms with Crippen LogP contribution in [0.2, 0.25) is 0 Å². The summed E-state index contributed by atoms with van der Waals surface area (Å²) in [5.41, 5.74) is -0.409. The van der Waals surface area contributed by atoms with Gasteiger partial charge in [0, 0.05) is 17.8 Å². The SMILES string of the molecule is COc1ccc(C(=O)N2CC(Oc3cc(C(F)(F)F)ccn3)C2)cc1OC. The molecular formula is C18H17F3N2O4. The van der Waals surface area contributed by atoms with Gasteiger partial charge in [0.1, 0.15) is 6.10 Å². The molecular weight excluding hydrogens is 365 g/mol. The van der Waals surface area contributed by atoms with Crippen LogP contribution in [-0.4, -0.2) is 49.2 Å².